The predicted molar refractivity (Wildman–Crippen MR) is 41.6 cm³/mol. The Hall–Kier alpha value is -1.59. The Morgan fingerprint density at radius 1 is 1.29 bits per heavy atom. The molecule has 1 aromatic rings. The molecule has 0 spiro atoms. The van der Waals surface area contributed by atoms with Gasteiger partial charge in [0.25, 0.3) is 5.84 Å². The fraction of sp³-hybridized carbons (Fsp3) is 0.125. The lowest BCUT2D eigenvalue weighted by molar-refractivity contribution is -0.137. The van der Waals surface area contributed by atoms with Gasteiger partial charge >= 0.3 is 6.18 Å². The van der Waals surface area contributed by atoms with Gasteiger partial charge < -0.3 is 0 Å². The van der Waals surface area contributed by atoms with E-state index in [1.54, 1.807) is 0 Å². The van der Waals surface area contributed by atoms with Crippen molar-refractivity contribution in [2.24, 2.45) is 5.73 Å². The molecule has 1 aromatic carbocycles. The Labute approximate surface area is 76.8 Å². The summed E-state index contributed by atoms with van der Waals surface area (Å²) in [4.78, 5) is 0. The predicted octanol–water partition coefficient (Wildman–Crippen LogP) is 0.309. The van der Waals surface area contributed by atoms with Gasteiger partial charge in [-0.1, -0.05) is 0 Å². The maximum absolute atomic E-state index is 13.0. The van der Waals surface area contributed by atoms with Crippen molar-refractivity contribution < 1.29 is 23.0 Å². The zero-order chi connectivity index (χ0) is 10.9. The summed E-state index contributed by atoms with van der Waals surface area (Å²) >= 11 is 0. The SMILES string of the molecule is NC(=[NH2+])c1ccc(C(F)(F)F)cc1F. The molecule has 0 saturated heterocycles. The van der Waals surface area contributed by atoms with Crippen molar-refractivity contribution in [2.45, 2.75) is 6.18 Å². The van der Waals surface area contributed by atoms with E-state index in [0.29, 0.717) is 6.07 Å². The van der Waals surface area contributed by atoms with E-state index < -0.39 is 17.6 Å². The minimum Gasteiger partial charge on any atom is -0.287 e. The van der Waals surface area contributed by atoms with Crippen LogP contribution < -0.4 is 11.1 Å². The number of benzene rings is 1. The summed E-state index contributed by atoms with van der Waals surface area (Å²) in [5.41, 5.74) is 3.75. The first kappa shape index (κ1) is 10.5. The lowest BCUT2D eigenvalue weighted by Crippen LogP contribution is -2.46. The summed E-state index contributed by atoms with van der Waals surface area (Å²) in [5.74, 6) is -1.43. The van der Waals surface area contributed by atoms with Crippen LogP contribution in [0, 0.1) is 5.82 Å². The first-order chi connectivity index (χ1) is 6.32. The van der Waals surface area contributed by atoms with Gasteiger partial charge in [0.15, 0.2) is 0 Å². The van der Waals surface area contributed by atoms with Crippen molar-refractivity contribution >= 4 is 5.84 Å². The molecular formula is C8H7F4N2+. The Morgan fingerprint density at radius 2 is 1.86 bits per heavy atom. The van der Waals surface area contributed by atoms with Crippen LogP contribution in [0.5, 0.6) is 0 Å². The second-order valence-corrected chi connectivity index (χ2v) is 2.65. The first-order valence-electron chi connectivity index (χ1n) is 3.57. The van der Waals surface area contributed by atoms with Gasteiger partial charge in [-0.05, 0) is 18.2 Å². The number of alkyl halides is 3. The lowest BCUT2D eigenvalue weighted by Gasteiger charge is -2.06. The molecule has 6 heteroatoms. The number of hydrogen-bond donors (Lipinski definition) is 2. The Morgan fingerprint density at radius 3 is 2.21 bits per heavy atom. The quantitative estimate of drug-likeness (QED) is 0.388. The van der Waals surface area contributed by atoms with Gasteiger partial charge in [0.1, 0.15) is 5.82 Å². The highest BCUT2D eigenvalue weighted by molar-refractivity contribution is 5.92. The van der Waals surface area contributed by atoms with E-state index in [0.717, 1.165) is 12.1 Å². The van der Waals surface area contributed by atoms with Crippen LogP contribution in [0.4, 0.5) is 17.6 Å². The molecule has 0 amide bonds. The van der Waals surface area contributed by atoms with Crippen molar-refractivity contribution in [1.82, 2.24) is 0 Å². The third kappa shape index (κ3) is 2.01. The Kier molecular flexibility index (Phi) is 2.46. The summed E-state index contributed by atoms with van der Waals surface area (Å²) in [6, 6.07) is 1.97. The summed E-state index contributed by atoms with van der Waals surface area (Å²) in [6.45, 7) is 0. The van der Waals surface area contributed by atoms with Gasteiger partial charge in [-0.2, -0.15) is 13.2 Å². The molecule has 0 aliphatic heterocycles. The van der Waals surface area contributed by atoms with Gasteiger partial charge in [-0.15, -0.1) is 0 Å². The van der Waals surface area contributed by atoms with Crippen LogP contribution in [0.25, 0.3) is 0 Å². The number of hydrogen-bond acceptors (Lipinski definition) is 0. The average molecular weight is 207 g/mol. The summed E-state index contributed by atoms with van der Waals surface area (Å²) in [7, 11) is 0. The third-order valence-electron chi connectivity index (χ3n) is 1.61. The van der Waals surface area contributed by atoms with Crippen LogP contribution in [-0.4, -0.2) is 5.84 Å². The van der Waals surface area contributed by atoms with E-state index in [4.69, 9.17) is 11.1 Å². The largest absolute Gasteiger partial charge is 0.416 e. The maximum Gasteiger partial charge on any atom is 0.416 e. The van der Waals surface area contributed by atoms with Crippen molar-refractivity contribution in [3.8, 4) is 0 Å². The van der Waals surface area contributed by atoms with Crippen LogP contribution in [0.15, 0.2) is 18.2 Å². The van der Waals surface area contributed by atoms with E-state index in [2.05, 4.69) is 0 Å². The van der Waals surface area contributed by atoms with E-state index in [9.17, 15) is 17.6 Å². The molecule has 76 valence electrons. The topological polar surface area (TPSA) is 51.6 Å². The van der Waals surface area contributed by atoms with Crippen LogP contribution in [0.1, 0.15) is 11.1 Å². The smallest absolute Gasteiger partial charge is 0.287 e. The highest BCUT2D eigenvalue weighted by Gasteiger charge is 2.31. The van der Waals surface area contributed by atoms with Crippen molar-refractivity contribution in [3.63, 3.8) is 0 Å². The lowest BCUT2D eigenvalue weighted by atomic mass is 10.1. The third-order valence-corrected chi connectivity index (χ3v) is 1.61. The second kappa shape index (κ2) is 3.28. The molecule has 0 radical (unpaired) electrons. The van der Waals surface area contributed by atoms with Gasteiger partial charge in [-0.3, -0.25) is 11.1 Å². The molecule has 4 N–H and O–H groups in total. The van der Waals surface area contributed by atoms with Crippen molar-refractivity contribution in [2.75, 3.05) is 0 Å². The van der Waals surface area contributed by atoms with E-state index in [1.165, 1.54) is 0 Å². The molecule has 0 saturated carbocycles. The second-order valence-electron chi connectivity index (χ2n) is 2.65. The molecule has 0 heterocycles. The normalized spacial score (nSPS) is 11.4. The zero-order valence-corrected chi connectivity index (χ0v) is 6.90. The fourth-order valence-corrected chi connectivity index (χ4v) is 0.926. The highest BCUT2D eigenvalue weighted by Crippen LogP contribution is 2.29. The van der Waals surface area contributed by atoms with Gasteiger partial charge in [0.05, 0.1) is 11.1 Å². The highest BCUT2D eigenvalue weighted by atomic mass is 19.4. The molecule has 0 aliphatic carbocycles. The Balaban J connectivity index is 3.20. The molecule has 2 nitrogen and oxygen atoms in total. The number of nitrogens with two attached hydrogens (primary N) is 2. The number of halogens is 4. The molecular weight excluding hydrogens is 200 g/mol. The molecule has 0 aliphatic rings. The fourth-order valence-electron chi connectivity index (χ4n) is 0.926. The van der Waals surface area contributed by atoms with Gasteiger partial charge in [0.2, 0.25) is 0 Å². The summed E-state index contributed by atoms with van der Waals surface area (Å²) < 4.78 is 49.1. The average Bonchev–Trinajstić information content (AvgIpc) is 2.01. The standard InChI is InChI=1S/C8H6F4N2/c9-6-3-4(8(10,11)12)1-2-5(6)7(13)14/h1-3H,(H3,13,14)/p+1. The minimum atomic E-state index is -4.57. The molecule has 0 fully saturated rings. The van der Waals surface area contributed by atoms with Crippen LogP contribution in [0.3, 0.4) is 0 Å². The molecule has 14 heavy (non-hydrogen) atoms. The van der Waals surface area contributed by atoms with Gasteiger partial charge in [0, 0.05) is 0 Å². The maximum atomic E-state index is 13.0. The number of rotatable bonds is 1. The van der Waals surface area contributed by atoms with E-state index in [1.807, 2.05) is 0 Å². The van der Waals surface area contributed by atoms with Crippen LogP contribution >= 0.6 is 0 Å². The molecule has 0 bridgehead atoms. The molecule has 1 rings (SSSR count). The summed E-state index contributed by atoms with van der Waals surface area (Å²) in [6.07, 6.45) is -4.57. The summed E-state index contributed by atoms with van der Waals surface area (Å²) in [5, 5.41) is 5.05. The minimum absolute atomic E-state index is 0.224. The van der Waals surface area contributed by atoms with E-state index >= 15 is 0 Å². The van der Waals surface area contributed by atoms with Crippen LogP contribution in [0.2, 0.25) is 0 Å². The van der Waals surface area contributed by atoms with Crippen molar-refractivity contribution in [1.29, 1.82) is 0 Å². The molecule has 0 unspecified atom stereocenters. The van der Waals surface area contributed by atoms with Crippen LogP contribution in [-0.2, 0) is 6.18 Å². The number of amidine groups is 1. The van der Waals surface area contributed by atoms with E-state index in [-0.39, 0.29) is 11.4 Å². The first-order valence-corrected chi connectivity index (χ1v) is 3.57. The monoisotopic (exact) mass is 207 g/mol. The van der Waals surface area contributed by atoms with Crippen molar-refractivity contribution in [3.05, 3.63) is 35.1 Å². The molecule has 0 atom stereocenters. The molecule has 0 aromatic heterocycles. The Bertz CT molecular complexity index is 370. The van der Waals surface area contributed by atoms with Gasteiger partial charge in [-0.25, -0.2) is 4.39 Å². The zero-order valence-electron chi connectivity index (χ0n) is 6.90.